The molecule has 1 aliphatic heterocycles. The first kappa shape index (κ1) is 18.6. The predicted octanol–water partition coefficient (Wildman–Crippen LogP) is 1.69. The van der Waals surface area contributed by atoms with Gasteiger partial charge in [0.05, 0.1) is 4.90 Å². The summed E-state index contributed by atoms with van der Waals surface area (Å²) < 4.78 is 26.8. The number of halogens is 1. The van der Waals surface area contributed by atoms with E-state index in [1.807, 2.05) is 0 Å². The number of hydrogen-bond donors (Lipinski definition) is 1. The van der Waals surface area contributed by atoms with E-state index in [1.54, 1.807) is 17.0 Å². The molecule has 3 rings (SSSR count). The third-order valence-corrected chi connectivity index (χ3v) is 7.36. The molecule has 1 heterocycles. The van der Waals surface area contributed by atoms with Crippen LogP contribution in [0.1, 0.15) is 25.7 Å². The fraction of sp³-hybridized carbons (Fsp3) is 0.588. The fourth-order valence-corrected chi connectivity index (χ4v) is 5.15. The maximum atomic E-state index is 12.7. The van der Waals surface area contributed by atoms with Crippen LogP contribution in [-0.2, 0) is 14.8 Å². The number of amides is 1. The fourth-order valence-electron chi connectivity index (χ4n) is 3.61. The standard InChI is InChI=1S/C17H24ClN3O3S/c18-14-4-6-15(7-5-14)25(23,24)21-10-8-20(9-11-21)17(22)12-13-2-1-3-16(13)19/h4-7,13,16H,1-3,8-12,19H2/t13-,16+/m0/s1. The second-order valence-corrected chi connectivity index (χ2v) is 9.17. The van der Waals surface area contributed by atoms with Gasteiger partial charge in [-0.25, -0.2) is 8.42 Å². The van der Waals surface area contributed by atoms with Gasteiger partial charge in [-0.15, -0.1) is 0 Å². The minimum atomic E-state index is -3.54. The van der Waals surface area contributed by atoms with Gasteiger partial charge in [-0.3, -0.25) is 4.79 Å². The van der Waals surface area contributed by atoms with E-state index in [4.69, 9.17) is 17.3 Å². The van der Waals surface area contributed by atoms with Gasteiger partial charge in [0.2, 0.25) is 15.9 Å². The Morgan fingerprint density at radius 2 is 1.76 bits per heavy atom. The topological polar surface area (TPSA) is 83.7 Å². The number of piperazine rings is 1. The van der Waals surface area contributed by atoms with E-state index in [1.165, 1.54) is 16.4 Å². The summed E-state index contributed by atoms with van der Waals surface area (Å²) >= 11 is 5.82. The van der Waals surface area contributed by atoms with Gasteiger partial charge >= 0.3 is 0 Å². The molecule has 2 atom stereocenters. The zero-order chi connectivity index (χ0) is 18.0. The first-order valence-corrected chi connectivity index (χ1v) is 10.5. The minimum Gasteiger partial charge on any atom is -0.340 e. The van der Waals surface area contributed by atoms with Gasteiger partial charge in [-0.2, -0.15) is 4.31 Å². The van der Waals surface area contributed by atoms with Gasteiger partial charge < -0.3 is 10.6 Å². The largest absolute Gasteiger partial charge is 0.340 e. The molecule has 0 unspecified atom stereocenters. The molecule has 1 saturated carbocycles. The molecule has 8 heteroatoms. The van der Waals surface area contributed by atoms with Crippen molar-refractivity contribution in [2.24, 2.45) is 11.7 Å². The van der Waals surface area contributed by atoms with Crippen LogP contribution in [0.3, 0.4) is 0 Å². The number of nitrogens with zero attached hydrogens (tertiary/aromatic N) is 2. The van der Waals surface area contributed by atoms with Crippen molar-refractivity contribution >= 4 is 27.5 Å². The number of hydrogen-bond acceptors (Lipinski definition) is 4. The van der Waals surface area contributed by atoms with E-state index < -0.39 is 10.0 Å². The van der Waals surface area contributed by atoms with Gasteiger partial charge in [-0.05, 0) is 43.0 Å². The Labute approximate surface area is 154 Å². The maximum Gasteiger partial charge on any atom is 0.243 e. The van der Waals surface area contributed by atoms with Crippen molar-refractivity contribution < 1.29 is 13.2 Å². The van der Waals surface area contributed by atoms with Crippen molar-refractivity contribution in [2.45, 2.75) is 36.6 Å². The SMILES string of the molecule is N[C@@H]1CCC[C@H]1CC(=O)N1CCN(S(=O)(=O)c2ccc(Cl)cc2)CC1. The van der Waals surface area contributed by atoms with Crippen LogP contribution in [-0.4, -0.2) is 55.8 Å². The smallest absolute Gasteiger partial charge is 0.243 e. The zero-order valence-corrected chi connectivity index (χ0v) is 15.7. The summed E-state index contributed by atoms with van der Waals surface area (Å²) in [4.78, 5) is 14.4. The van der Waals surface area contributed by atoms with E-state index in [0.717, 1.165) is 19.3 Å². The Morgan fingerprint density at radius 1 is 1.12 bits per heavy atom. The summed E-state index contributed by atoms with van der Waals surface area (Å²) in [5, 5.41) is 0.500. The minimum absolute atomic E-state index is 0.0888. The van der Waals surface area contributed by atoms with Crippen molar-refractivity contribution in [3.8, 4) is 0 Å². The lowest BCUT2D eigenvalue weighted by atomic mass is 9.99. The van der Waals surface area contributed by atoms with Crippen LogP contribution in [0.4, 0.5) is 0 Å². The Morgan fingerprint density at radius 3 is 2.32 bits per heavy atom. The Bertz CT molecular complexity index is 715. The molecular formula is C17H24ClN3O3S. The molecule has 2 fully saturated rings. The highest BCUT2D eigenvalue weighted by molar-refractivity contribution is 7.89. The van der Waals surface area contributed by atoms with Crippen molar-refractivity contribution in [1.82, 2.24) is 9.21 Å². The molecule has 0 spiro atoms. The van der Waals surface area contributed by atoms with Crippen molar-refractivity contribution in [1.29, 1.82) is 0 Å². The van der Waals surface area contributed by atoms with Gasteiger partial charge in [0.15, 0.2) is 0 Å². The average Bonchev–Trinajstić information content (AvgIpc) is 3.00. The maximum absolute atomic E-state index is 12.7. The second-order valence-electron chi connectivity index (χ2n) is 6.80. The summed E-state index contributed by atoms with van der Waals surface area (Å²) in [6.45, 7) is 1.47. The lowest BCUT2D eigenvalue weighted by Gasteiger charge is -2.34. The van der Waals surface area contributed by atoms with Gasteiger partial charge in [0, 0.05) is 43.7 Å². The van der Waals surface area contributed by atoms with Crippen LogP contribution in [0.25, 0.3) is 0 Å². The van der Waals surface area contributed by atoms with Gasteiger partial charge in [0.1, 0.15) is 0 Å². The highest BCUT2D eigenvalue weighted by Crippen LogP contribution is 2.28. The average molecular weight is 386 g/mol. The molecule has 0 bridgehead atoms. The van der Waals surface area contributed by atoms with E-state index in [-0.39, 0.29) is 22.8 Å². The van der Waals surface area contributed by atoms with Crippen LogP contribution in [0, 0.1) is 5.92 Å². The van der Waals surface area contributed by atoms with Crippen LogP contribution >= 0.6 is 11.6 Å². The number of carbonyl (C=O) groups excluding carboxylic acids is 1. The third kappa shape index (κ3) is 4.16. The van der Waals surface area contributed by atoms with E-state index in [9.17, 15) is 13.2 Å². The molecule has 1 aromatic rings. The molecule has 25 heavy (non-hydrogen) atoms. The number of sulfonamides is 1. The number of benzene rings is 1. The summed E-state index contributed by atoms with van der Waals surface area (Å²) in [6.07, 6.45) is 3.57. The van der Waals surface area contributed by atoms with E-state index in [0.29, 0.717) is 37.6 Å². The highest BCUT2D eigenvalue weighted by atomic mass is 35.5. The number of rotatable bonds is 4. The molecular weight excluding hydrogens is 362 g/mol. The highest BCUT2D eigenvalue weighted by Gasteiger charge is 2.32. The first-order chi connectivity index (χ1) is 11.9. The normalized spacial score (nSPS) is 25.3. The molecule has 2 N–H and O–H groups in total. The third-order valence-electron chi connectivity index (χ3n) is 5.20. The van der Waals surface area contributed by atoms with E-state index in [2.05, 4.69) is 0 Å². The monoisotopic (exact) mass is 385 g/mol. The Hall–Kier alpha value is -1.15. The lowest BCUT2D eigenvalue weighted by molar-refractivity contribution is -0.133. The molecule has 138 valence electrons. The predicted molar refractivity (Wildman–Crippen MR) is 96.7 cm³/mol. The lowest BCUT2D eigenvalue weighted by Crippen LogP contribution is -2.51. The summed E-state index contributed by atoms with van der Waals surface area (Å²) in [6, 6.07) is 6.28. The van der Waals surface area contributed by atoms with Crippen LogP contribution in [0.15, 0.2) is 29.2 Å². The molecule has 1 saturated heterocycles. The van der Waals surface area contributed by atoms with Crippen molar-refractivity contribution in [3.05, 3.63) is 29.3 Å². The van der Waals surface area contributed by atoms with E-state index >= 15 is 0 Å². The molecule has 1 aliphatic carbocycles. The molecule has 6 nitrogen and oxygen atoms in total. The molecule has 1 aromatic carbocycles. The zero-order valence-electron chi connectivity index (χ0n) is 14.1. The van der Waals surface area contributed by atoms with Crippen molar-refractivity contribution in [2.75, 3.05) is 26.2 Å². The Kier molecular flexibility index (Phi) is 5.68. The second kappa shape index (κ2) is 7.61. The number of carbonyl (C=O) groups is 1. The summed E-state index contributed by atoms with van der Waals surface area (Å²) in [7, 11) is -3.54. The van der Waals surface area contributed by atoms with Crippen molar-refractivity contribution in [3.63, 3.8) is 0 Å². The summed E-state index contributed by atoms with van der Waals surface area (Å²) in [5.74, 6) is 0.356. The van der Waals surface area contributed by atoms with Crippen LogP contribution in [0.5, 0.6) is 0 Å². The van der Waals surface area contributed by atoms with Gasteiger partial charge in [-0.1, -0.05) is 18.0 Å². The van der Waals surface area contributed by atoms with Crippen LogP contribution in [0.2, 0.25) is 5.02 Å². The van der Waals surface area contributed by atoms with Gasteiger partial charge in [0.25, 0.3) is 0 Å². The first-order valence-electron chi connectivity index (χ1n) is 8.67. The number of nitrogens with two attached hydrogens (primary N) is 1. The molecule has 0 aromatic heterocycles. The van der Waals surface area contributed by atoms with Crippen LogP contribution < -0.4 is 5.73 Å². The Balaban J connectivity index is 1.57. The molecule has 0 radical (unpaired) electrons. The quantitative estimate of drug-likeness (QED) is 0.854. The molecule has 2 aliphatic rings. The molecule has 1 amide bonds. The summed E-state index contributed by atoms with van der Waals surface area (Å²) in [5.41, 5.74) is 6.04.